The molecule has 2 heterocycles. The minimum Gasteiger partial charge on any atom is -0.456 e. The Labute approximate surface area is 133 Å². The molecule has 4 N–H and O–H groups in total. The summed E-state index contributed by atoms with van der Waals surface area (Å²) >= 11 is 0. The molecule has 5 nitrogen and oxygen atoms in total. The van der Waals surface area contributed by atoms with Crippen LogP contribution in [0.2, 0.25) is 0 Å². The molecule has 0 saturated carbocycles. The van der Waals surface area contributed by atoms with Crippen LogP contribution in [0.3, 0.4) is 0 Å². The molecule has 0 aliphatic carbocycles. The van der Waals surface area contributed by atoms with E-state index in [-0.39, 0.29) is 5.84 Å². The average molecular weight is 304 g/mol. The molecule has 1 aliphatic heterocycles. The number of hydrogen-bond donors (Lipinski definition) is 3. The summed E-state index contributed by atoms with van der Waals surface area (Å²) < 4.78 is 5.90. The third-order valence-corrected chi connectivity index (χ3v) is 3.94. The van der Waals surface area contributed by atoms with Crippen molar-refractivity contribution in [3.8, 4) is 11.3 Å². The highest BCUT2D eigenvalue weighted by Gasteiger charge is 2.10. The van der Waals surface area contributed by atoms with E-state index in [9.17, 15) is 0 Å². The first-order valence-electron chi connectivity index (χ1n) is 7.48. The van der Waals surface area contributed by atoms with Gasteiger partial charge in [0.2, 0.25) is 0 Å². The molecule has 0 amide bonds. The van der Waals surface area contributed by atoms with Gasteiger partial charge >= 0.3 is 0 Å². The zero-order valence-corrected chi connectivity index (χ0v) is 12.5. The maximum atomic E-state index is 7.52. The van der Waals surface area contributed by atoms with Crippen LogP contribution in [0.1, 0.15) is 11.1 Å². The Morgan fingerprint density at radius 3 is 2.57 bits per heavy atom. The second kappa shape index (κ2) is 5.28. The molecule has 0 atom stereocenters. The second-order valence-corrected chi connectivity index (χ2v) is 5.51. The number of hydrogen-bond acceptors (Lipinski definition) is 4. The SMILES string of the molecule is N=C(N)c1ccc2oc(-c3ccc(C4=NCCN4)cc3)cc2c1. The number of nitrogen functional groups attached to an aromatic ring is 1. The van der Waals surface area contributed by atoms with E-state index in [4.69, 9.17) is 15.6 Å². The van der Waals surface area contributed by atoms with Crippen molar-refractivity contribution in [3.63, 3.8) is 0 Å². The highest BCUT2D eigenvalue weighted by Crippen LogP contribution is 2.28. The Morgan fingerprint density at radius 1 is 1.09 bits per heavy atom. The van der Waals surface area contributed by atoms with Crippen LogP contribution in [0.5, 0.6) is 0 Å². The Balaban J connectivity index is 1.69. The summed E-state index contributed by atoms with van der Waals surface area (Å²) in [7, 11) is 0. The number of rotatable bonds is 3. The van der Waals surface area contributed by atoms with Crippen LogP contribution >= 0.6 is 0 Å². The van der Waals surface area contributed by atoms with Gasteiger partial charge in [-0.15, -0.1) is 0 Å². The number of aliphatic imine (C=N–C) groups is 1. The molecule has 0 unspecified atom stereocenters. The zero-order chi connectivity index (χ0) is 15.8. The van der Waals surface area contributed by atoms with Crippen molar-refractivity contribution < 1.29 is 4.42 Å². The van der Waals surface area contributed by atoms with Gasteiger partial charge in [0.1, 0.15) is 23.0 Å². The molecule has 0 spiro atoms. The van der Waals surface area contributed by atoms with E-state index in [0.717, 1.165) is 46.8 Å². The third-order valence-electron chi connectivity index (χ3n) is 3.94. The Morgan fingerprint density at radius 2 is 1.87 bits per heavy atom. The van der Waals surface area contributed by atoms with Gasteiger partial charge in [0, 0.05) is 28.6 Å². The lowest BCUT2D eigenvalue weighted by Gasteiger charge is -2.03. The quantitative estimate of drug-likeness (QED) is 0.513. The van der Waals surface area contributed by atoms with E-state index < -0.39 is 0 Å². The fourth-order valence-corrected chi connectivity index (χ4v) is 2.74. The molecule has 2 aromatic carbocycles. The number of nitrogens with two attached hydrogens (primary N) is 1. The Bertz CT molecular complexity index is 922. The lowest BCUT2D eigenvalue weighted by molar-refractivity contribution is 0.631. The van der Waals surface area contributed by atoms with Crippen molar-refractivity contribution in [2.45, 2.75) is 0 Å². The van der Waals surface area contributed by atoms with E-state index >= 15 is 0 Å². The molecule has 1 aromatic heterocycles. The molecule has 4 rings (SSSR count). The van der Waals surface area contributed by atoms with Crippen LogP contribution < -0.4 is 11.1 Å². The summed E-state index contributed by atoms with van der Waals surface area (Å²) in [5.41, 5.74) is 9.11. The summed E-state index contributed by atoms with van der Waals surface area (Å²) in [4.78, 5) is 4.42. The van der Waals surface area contributed by atoms with Crippen LogP contribution in [-0.4, -0.2) is 24.8 Å². The maximum absolute atomic E-state index is 7.52. The first-order chi connectivity index (χ1) is 11.2. The first kappa shape index (κ1) is 13.6. The average Bonchev–Trinajstić information content (AvgIpc) is 3.23. The minimum atomic E-state index is 0.0591. The van der Waals surface area contributed by atoms with Crippen LogP contribution in [-0.2, 0) is 0 Å². The number of benzene rings is 2. The Kier molecular flexibility index (Phi) is 3.12. The second-order valence-electron chi connectivity index (χ2n) is 5.51. The topological polar surface area (TPSA) is 87.4 Å². The van der Waals surface area contributed by atoms with Gasteiger partial charge in [-0.1, -0.05) is 24.3 Å². The number of nitrogens with one attached hydrogen (secondary N) is 2. The first-order valence-corrected chi connectivity index (χ1v) is 7.48. The number of nitrogens with zero attached hydrogens (tertiary/aromatic N) is 1. The fraction of sp³-hybridized carbons (Fsp3) is 0.111. The van der Waals surface area contributed by atoms with Crippen LogP contribution in [0.4, 0.5) is 0 Å². The summed E-state index contributed by atoms with van der Waals surface area (Å²) in [6.07, 6.45) is 0. The van der Waals surface area contributed by atoms with Gasteiger partial charge in [0.25, 0.3) is 0 Å². The molecule has 0 radical (unpaired) electrons. The monoisotopic (exact) mass is 304 g/mol. The van der Waals surface area contributed by atoms with Crippen molar-refractivity contribution in [3.05, 3.63) is 59.7 Å². The standard InChI is InChI=1S/C18H16N4O/c19-17(20)13-5-6-15-14(9-13)10-16(23-15)11-1-3-12(4-2-11)18-21-7-8-22-18/h1-6,9-10H,7-8H2,(H3,19,20)(H,21,22). The van der Waals surface area contributed by atoms with Crippen LogP contribution in [0.15, 0.2) is 57.9 Å². The van der Waals surface area contributed by atoms with Crippen molar-refractivity contribution >= 4 is 22.6 Å². The summed E-state index contributed by atoms with van der Waals surface area (Å²) in [5.74, 6) is 1.81. The van der Waals surface area contributed by atoms with Gasteiger partial charge in [0.15, 0.2) is 0 Å². The normalized spacial score (nSPS) is 13.8. The molecule has 0 fully saturated rings. The predicted molar refractivity (Wildman–Crippen MR) is 92.1 cm³/mol. The van der Waals surface area contributed by atoms with E-state index in [1.54, 1.807) is 6.07 Å². The zero-order valence-electron chi connectivity index (χ0n) is 12.5. The molecular formula is C18H16N4O. The lowest BCUT2D eigenvalue weighted by atomic mass is 10.1. The highest BCUT2D eigenvalue weighted by molar-refractivity contribution is 6.00. The van der Waals surface area contributed by atoms with E-state index in [0.29, 0.717) is 5.56 Å². The molecule has 3 aromatic rings. The lowest BCUT2D eigenvalue weighted by Crippen LogP contribution is -2.19. The number of amidine groups is 2. The molecule has 0 bridgehead atoms. The van der Waals surface area contributed by atoms with Gasteiger partial charge in [-0.05, 0) is 24.3 Å². The number of furan rings is 1. The van der Waals surface area contributed by atoms with Gasteiger partial charge in [0.05, 0.1) is 6.54 Å². The van der Waals surface area contributed by atoms with Gasteiger partial charge < -0.3 is 15.5 Å². The fourth-order valence-electron chi connectivity index (χ4n) is 2.74. The van der Waals surface area contributed by atoms with Crippen molar-refractivity contribution in [1.29, 1.82) is 5.41 Å². The molecule has 23 heavy (non-hydrogen) atoms. The smallest absolute Gasteiger partial charge is 0.135 e. The van der Waals surface area contributed by atoms with Crippen LogP contribution in [0.25, 0.3) is 22.3 Å². The van der Waals surface area contributed by atoms with Gasteiger partial charge in [-0.25, -0.2) is 0 Å². The molecular weight excluding hydrogens is 288 g/mol. The van der Waals surface area contributed by atoms with Crippen molar-refractivity contribution in [1.82, 2.24) is 5.32 Å². The summed E-state index contributed by atoms with van der Waals surface area (Å²) in [6.45, 7) is 1.73. The molecule has 114 valence electrons. The number of fused-ring (bicyclic) bond motifs is 1. The summed E-state index contributed by atoms with van der Waals surface area (Å²) in [6, 6.07) is 15.6. The van der Waals surface area contributed by atoms with Crippen molar-refractivity contribution in [2.24, 2.45) is 10.7 Å². The van der Waals surface area contributed by atoms with Crippen LogP contribution in [0, 0.1) is 5.41 Å². The Hall–Kier alpha value is -3.08. The van der Waals surface area contributed by atoms with E-state index in [1.165, 1.54) is 0 Å². The minimum absolute atomic E-state index is 0.0591. The molecule has 0 saturated heterocycles. The third kappa shape index (κ3) is 2.46. The largest absolute Gasteiger partial charge is 0.456 e. The van der Waals surface area contributed by atoms with E-state index in [2.05, 4.69) is 10.3 Å². The van der Waals surface area contributed by atoms with Crippen molar-refractivity contribution in [2.75, 3.05) is 13.1 Å². The summed E-state index contributed by atoms with van der Waals surface area (Å²) in [5, 5.41) is 11.7. The van der Waals surface area contributed by atoms with Gasteiger partial charge in [-0.2, -0.15) is 0 Å². The maximum Gasteiger partial charge on any atom is 0.135 e. The molecule has 5 heteroatoms. The van der Waals surface area contributed by atoms with Gasteiger partial charge in [-0.3, -0.25) is 10.4 Å². The molecule has 1 aliphatic rings. The predicted octanol–water partition coefficient (Wildman–Crippen LogP) is 2.73. The highest BCUT2D eigenvalue weighted by atomic mass is 16.3. The van der Waals surface area contributed by atoms with E-state index in [1.807, 2.05) is 42.5 Å².